The van der Waals surface area contributed by atoms with Crippen LogP contribution in [0.5, 0.6) is 11.5 Å². The minimum atomic E-state index is -0.545. The van der Waals surface area contributed by atoms with Crippen LogP contribution in [-0.2, 0) is 4.74 Å². The van der Waals surface area contributed by atoms with E-state index in [1.54, 1.807) is 20.1 Å². The Labute approximate surface area is 152 Å². The van der Waals surface area contributed by atoms with Crippen LogP contribution in [0.15, 0.2) is 27.4 Å². The van der Waals surface area contributed by atoms with Crippen LogP contribution in [0.25, 0.3) is 23.1 Å². The quantitative estimate of drug-likeness (QED) is 0.881. The molecule has 3 rings (SSSR count). The summed E-state index contributed by atoms with van der Waals surface area (Å²) in [6, 6.07) is 1.37. The Morgan fingerprint density at radius 3 is 2.65 bits per heavy atom. The predicted octanol–water partition coefficient (Wildman–Crippen LogP) is 4.43. The van der Waals surface area contributed by atoms with Crippen molar-refractivity contribution in [1.29, 1.82) is 0 Å². The maximum absolute atomic E-state index is 12.5. The van der Waals surface area contributed by atoms with Crippen LogP contribution in [0, 0.1) is 6.92 Å². The standard InChI is InChI=1S/C21H24O5/c1-12-11-15(22)16-17(23)13(7-9-20(2,3)24-6)18-14(19(16)25-12)8-10-21(4,5)26-18/h7-11,23H,1-6H3. The summed E-state index contributed by atoms with van der Waals surface area (Å²) >= 11 is 0. The molecule has 0 amide bonds. The molecule has 1 aliphatic rings. The van der Waals surface area contributed by atoms with Gasteiger partial charge in [0, 0.05) is 13.2 Å². The summed E-state index contributed by atoms with van der Waals surface area (Å²) in [5.74, 6) is 0.812. The highest BCUT2D eigenvalue weighted by Gasteiger charge is 2.29. The summed E-state index contributed by atoms with van der Waals surface area (Å²) in [7, 11) is 1.61. The second kappa shape index (κ2) is 6.02. The normalized spacial score (nSPS) is 16.1. The lowest BCUT2D eigenvalue weighted by Gasteiger charge is -2.30. The fourth-order valence-electron chi connectivity index (χ4n) is 2.86. The Morgan fingerprint density at radius 2 is 2.00 bits per heavy atom. The number of ether oxygens (including phenoxy) is 2. The van der Waals surface area contributed by atoms with Crippen molar-refractivity contribution >= 4 is 23.1 Å². The molecule has 0 fully saturated rings. The van der Waals surface area contributed by atoms with Crippen molar-refractivity contribution in [2.75, 3.05) is 7.11 Å². The highest BCUT2D eigenvalue weighted by Crippen LogP contribution is 2.44. The molecule has 0 bridgehead atoms. The highest BCUT2D eigenvalue weighted by atomic mass is 16.5. The van der Waals surface area contributed by atoms with E-state index in [4.69, 9.17) is 13.9 Å². The van der Waals surface area contributed by atoms with E-state index < -0.39 is 11.2 Å². The fourth-order valence-corrected chi connectivity index (χ4v) is 2.86. The van der Waals surface area contributed by atoms with Crippen LogP contribution in [0.4, 0.5) is 0 Å². The second-order valence-corrected chi connectivity index (χ2v) is 7.61. The molecule has 1 aromatic heterocycles. The largest absolute Gasteiger partial charge is 0.506 e. The van der Waals surface area contributed by atoms with Crippen molar-refractivity contribution in [3.8, 4) is 11.5 Å². The first-order chi connectivity index (χ1) is 12.0. The molecule has 0 atom stereocenters. The van der Waals surface area contributed by atoms with Crippen molar-refractivity contribution in [3.05, 3.63) is 45.3 Å². The van der Waals surface area contributed by atoms with Gasteiger partial charge in [0.2, 0.25) is 0 Å². The van der Waals surface area contributed by atoms with Crippen molar-refractivity contribution in [3.63, 3.8) is 0 Å². The molecule has 2 heterocycles. The predicted molar refractivity (Wildman–Crippen MR) is 103 cm³/mol. The van der Waals surface area contributed by atoms with E-state index >= 15 is 0 Å². The molecule has 5 heteroatoms. The van der Waals surface area contributed by atoms with Crippen LogP contribution in [0.1, 0.15) is 44.6 Å². The molecule has 0 saturated carbocycles. The number of phenols is 1. The molecule has 1 aromatic carbocycles. The van der Waals surface area contributed by atoms with E-state index in [9.17, 15) is 9.90 Å². The number of aromatic hydroxyl groups is 1. The number of benzene rings is 1. The van der Waals surface area contributed by atoms with Gasteiger partial charge in [-0.3, -0.25) is 4.79 Å². The summed E-state index contributed by atoms with van der Waals surface area (Å²) in [5.41, 5.74) is 0.0439. The van der Waals surface area contributed by atoms with Crippen LogP contribution >= 0.6 is 0 Å². The average molecular weight is 356 g/mol. The summed E-state index contributed by atoms with van der Waals surface area (Å²) in [6.45, 7) is 9.35. The first kappa shape index (κ1) is 18.3. The van der Waals surface area contributed by atoms with Gasteiger partial charge in [0.15, 0.2) is 11.0 Å². The Balaban J connectivity index is 2.40. The lowest BCUT2D eigenvalue weighted by Crippen LogP contribution is -2.28. The molecule has 1 aliphatic heterocycles. The second-order valence-electron chi connectivity index (χ2n) is 7.61. The summed E-state index contributed by atoms with van der Waals surface area (Å²) in [4.78, 5) is 12.5. The molecule has 0 aliphatic carbocycles. The van der Waals surface area contributed by atoms with E-state index in [1.807, 2.05) is 45.9 Å². The van der Waals surface area contributed by atoms with Gasteiger partial charge >= 0.3 is 0 Å². The monoisotopic (exact) mass is 356 g/mol. The smallest absolute Gasteiger partial charge is 0.196 e. The highest BCUT2D eigenvalue weighted by molar-refractivity contribution is 5.98. The molecule has 0 spiro atoms. The number of aryl methyl sites for hydroxylation is 1. The molecule has 2 aromatic rings. The average Bonchev–Trinajstić information content (AvgIpc) is 2.52. The number of methoxy groups -OCH3 is 1. The number of fused-ring (bicyclic) bond motifs is 3. The van der Waals surface area contributed by atoms with E-state index in [0.717, 1.165) is 0 Å². The number of hydrogen-bond donors (Lipinski definition) is 1. The molecular weight excluding hydrogens is 332 g/mol. The molecule has 0 radical (unpaired) electrons. The lowest BCUT2D eigenvalue weighted by atomic mass is 9.95. The number of rotatable bonds is 3. The maximum atomic E-state index is 12.5. The zero-order valence-corrected chi connectivity index (χ0v) is 16.0. The van der Waals surface area contributed by atoms with E-state index in [2.05, 4.69) is 0 Å². The summed E-state index contributed by atoms with van der Waals surface area (Å²) in [6.07, 6.45) is 7.33. The minimum absolute atomic E-state index is 0.150. The van der Waals surface area contributed by atoms with Gasteiger partial charge in [-0.05, 0) is 52.8 Å². The van der Waals surface area contributed by atoms with Crippen molar-refractivity contribution in [2.24, 2.45) is 0 Å². The third-order valence-electron chi connectivity index (χ3n) is 4.49. The SMILES string of the molecule is COC(C)(C)C=Cc1c2c(c3oc(C)cc(=O)c3c1O)C=CC(C)(C)O2. The fraction of sp³-hybridized carbons (Fsp3) is 0.381. The van der Waals surface area contributed by atoms with Crippen LogP contribution < -0.4 is 10.2 Å². The Morgan fingerprint density at radius 1 is 1.31 bits per heavy atom. The van der Waals surface area contributed by atoms with Gasteiger partial charge in [-0.1, -0.05) is 6.08 Å². The first-order valence-electron chi connectivity index (χ1n) is 8.51. The van der Waals surface area contributed by atoms with Gasteiger partial charge < -0.3 is 19.0 Å². The molecule has 26 heavy (non-hydrogen) atoms. The van der Waals surface area contributed by atoms with Crippen LogP contribution in [0.2, 0.25) is 0 Å². The first-order valence-corrected chi connectivity index (χ1v) is 8.51. The molecule has 0 saturated heterocycles. The van der Waals surface area contributed by atoms with Gasteiger partial charge in [-0.2, -0.15) is 0 Å². The zero-order valence-electron chi connectivity index (χ0n) is 16.0. The Hall–Kier alpha value is -2.53. The topological polar surface area (TPSA) is 68.9 Å². The third-order valence-corrected chi connectivity index (χ3v) is 4.49. The molecule has 138 valence electrons. The summed E-state index contributed by atoms with van der Waals surface area (Å²) < 4.78 is 17.3. The number of phenolic OH excluding ortho intramolecular Hbond substituents is 1. The maximum Gasteiger partial charge on any atom is 0.196 e. The van der Waals surface area contributed by atoms with Gasteiger partial charge in [0.05, 0.1) is 16.7 Å². The molecule has 1 N–H and O–H groups in total. The van der Waals surface area contributed by atoms with Gasteiger partial charge in [0.1, 0.15) is 28.2 Å². The van der Waals surface area contributed by atoms with Crippen LogP contribution in [-0.4, -0.2) is 23.4 Å². The lowest BCUT2D eigenvalue weighted by molar-refractivity contribution is 0.0663. The molecule has 5 nitrogen and oxygen atoms in total. The Bertz CT molecular complexity index is 990. The summed E-state index contributed by atoms with van der Waals surface area (Å²) in [5, 5.41) is 11.0. The van der Waals surface area contributed by atoms with Gasteiger partial charge in [0.25, 0.3) is 0 Å². The van der Waals surface area contributed by atoms with E-state index in [0.29, 0.717) is 28.2 Å². The Kier molecular flexibility index (Phi) is 4.23. The van der Waals surface area contributed by atoms with Crippen molar-refractivity contribution in [1.82, 2.24) is 0 Å². The van der Waals surface area contributed by atoms with Crippen molar-refractivity contribution < 1.29 is 19.0 Å². The molecular formula is C21H24O5. The third kappa shape index (κ3) is 3.15. The number of hydrogen-bond acceptors (Lipinski definition) is 5. The molecule has 0 unspecified atom stereocenters. The minimum Gasteiger partial charge on any atom is -0.506 e. The van der Waals surface area contributed by atoms with Gasteiger partial charge in [-0.15, -0.1) is 0 Å². The van der Waals surface area contributed by atoms with Crippen LogP contribution in [0.3, 0.4) is 0 Å². The zero-order chi connectivity index (χ0) is 19.3. The van der Waals surface area contributed by atoms with Gasteiger partial charge in [-0.25, -0.2) is 0 Å². The van der Waals surface area contributed by atoms with E-state index in [1.165, 1.54) is 6.07 Å². The van der Waals surface area contributed by atoms with Crippen molar-refractivity contribution in [2.45, 2.75) is 45.8 Å². The van der Waals surface area contributed by atoms with E-state index in [-0.39, 0.29) is 16.6 Å².